The molecule has 2 aromatic heterocycles. The topological polar surface area (TPSA) is 72.1 Å². The number of hydrogen-bond donors (Lipinski definition) is 0. The Morgan fingerprint density at radius 1 is 0.968 bits per heavy atom. The van der Waals surface area contributed by atoms with Crippen LogP contribution in [0.3, 0.4) is 0 Å². The summed E-state index contributed by atoms with van der Waals surface area (Å²) in [6.45, 7) is 0.549. The van der Waals surface area contributed by atoms with Gasteiger partial charge < -0.3 is 9.42 Å². The number of hydrogen-bond acceptors (Lipinski definition) is 6. The largest absolute Gasteiger partial charge is 0.339 e. The van der Waals surface area contributed by atoms with E-state index in [2.05, 4.69) is 27.7 Å². The minimum atomic E-state index is -0.100. The number of rotatable bonds is 5. The highest BCUT2D eigenvalue weighted by Crippen LogP contribution is 2.42. The zero-order valence-corrected chi connectivity index (χ0v) is 17.6. The summed E-state index contributed by atoms with van der Waals surface area (Å²) >= 11 is 1.74. The molecule has 1 amide bonds. The SMILES string of the molecule is O=C1CC(c2nc(-c3cccc(-c4csc(C5CC5)n4)c3)no2)CN1c1ccccc1. The van der Waals surface area contributed by atoms with Crippen LogP contribution in [-0.2, 0) is 4.79 Å². The van der Waals surface area contributed by atoms with E-state index in [9.17, 15) is 4.79 Å². The molecule has 4 aromatic rings. The second kappa shape index (κ2) is 7.42. The number of thiazole rings is 1. The lowest BCUT2D eigenvalue weighted by Crippen LogP contribution is -2.24. The molecule has 2 aliphatic rings. The summed E-state index contributed by atoms with van der Waals surface area (Å²) in [6, 6.07) is 17.8. The molecular weight excluding hydrogens is 408 g/mol. The summed E-state index contributed by atoms with van der Waals surface area (Å²) in [5.41, 5.74) is 3.84. The number of anilines is 1. The number of benzene rings is 2. The van der Waals surface area contributed by atoms with Crippen molar-refractivity contribution in [2.75, 3.05) is 11.4 Å². The molecule has 0 spiro atoms. The van der Waals surface area contributed by atoms with Gasteiger partial charge in [-0.3, -0.25) is 4.79 Å². The van der Waals surface area contributed by atoms with E-state index in [4.69, 9.17) is 9.51 Å². The first-order valence-corrected chi connectivity index (χ1v) is 11.4. The van der Waals surface area contributed by atoms with Crippen molar-refractivity contribution < 1.29 is 9.32 Å². The fourth-order valence-corrected chi connectivity index (χ4v) is 5.00. The molecular formula is C24H20N4O2S. The number of carbonyl (C=O) groups is 1. The third kappa shape index (κ3) is 3.55. The molecule has 0 radical (unpaired) electrons. The van der Waals surface area contributed by atoms with Gasteiger partial charge in [-0.25, -0.2) is 4.98 Å². The van der Waals surface area contributed by atoms with Crippen molar-refractivity contribution in [2.24, 2.45) is 0 Å². The van der Waals surface area contributed by atoms with Crippen molar-refractivity contribution in [3.63, 3.8) is 0 Å². The normalized spacial score (nSPS) is 18.6. The highest BCUT2D eigenvalue weighted by atomic mass is 32.1. The van der Waals surface area contributed by atoms with Crippen LogP contribution in [0.2, 0.25) is 0 Å². The van der Waals surface area contributed by atoms with Crippen LogP contribution in [0.1, 0.15) is 42.0 Å². The molecule has 1 atom stereocenters. The molecule has 1 aliphatic carbocycles. The predicted molar refractivity (Wildman–Crippen MR) is 119 cm³/mol. The van der Waals surface area contributed by atoms with E-state index < -0.39 is 0 Å². The number of nitrogens with zero attached hydrogens (tertiary/aromatic N) is 4. The second-order valence-corrected chi connectivity index (χ2v) is 9.01. The van der Waals surface area contributed by atoms with Crippen LogP contribution < -0.4 is 4.90 Å². The van der Waals surface area contributed by atoms with E-state index >= 15 is 0 Å². The molecule has 1 saturated carbocycles. The average molecular weight is 429 g/mol. The minimum absolute atomic E-state index is 0.0768. The lowest BCUT2D eigenvalue weighted by atomic mass is 10.1. The van der Waals surface area contributed by atoms with Crippen molar-refractivity contribution >= 4 is 22.9 Å². The van der Waals surface area contributed by atoms with Gasteiger partial charge in [-0.1, -0.05) is 41.6 Å². The summed E-state index contributed by atoms with van der Waals surface area (Å²) in [5.74, 6) is 1.69. The quantitative estimate of drug-likeness (QED) is 0.434. The Bertz CT molecular complexity index is 1250. The predicted octanol–water partition coefficient (Wildman–Crippen LogP) is 5.26. The molecule has 1 saturated heterocycles. The molecule has 6 nitrogen and oxygen atoms in total. The smallest absolute Gasteiger partial charge is 0.232 e. The van der Waals surface area contributed by atoms with Gasteiger partial charge in [0.15, 0.2) is 0 Å². The van der Waals surface area contributed by atoms with Gasteiger partial charge in [-0.05, 0) is 31.0 Å². The number of para-hydroxylation sites is 1. The third-order valence-electron chi connectivity index (χ3n) is 5.85. The zero-order valence-electron chi connectivity index (χ0n) is 16.8. The van der Waals surface area contributed by atoms with E-state index in [1.54, 1.807) is 16.2 Å². The highest BCUT2D eigenvalue weighted by Gasteiger charge is 2.35. The summed E-state index contributed by atoms with van der Waals surface area (Å²) < 4.78 is 5.57. The van der Waals surface area contributed by atoms with Crippen LogP contribution in [0.15, 0.2) is 64.5 Å². The lowest BCUT2D eigenvalue weighted by Gasteiger charge is -2.15. The molecule has 3 heterocycles. The van der Waals surface area contributed by atoms with E-state index in [-0.39, 0.29) is 11.8 Å². The maximum absolute atomic E-state index is 12.5. The lowest BCUT2D eigenvalue weighted by molar-refractivity contribution is -0.117. The molecule has 0 N–H and O–H groups in total. The first-order valence-electron chi connectivity index (χ1n) is 10.5. The molecule has 154 valence electrons. The van der Waals surface area contributed by atoms with Gasteiger partial charge in [-0.15, -0.1) is 11.3 Å². The second-order valence-electron chi connectivity index (χ2n) is 8.12. The van der Waals surface area contributed by atoms with Crippen molar-refractivity contribution in [2.45, 2.75) is 31.1 Å². The van der Waals surface area contributed by atoms with Gasteiger partial charge in [0.1, 0.15) is 0 Å². The Kier molecular flexibility index (Phi) is 4.42. The Morgan fingerprint density at radius 3 is 2.65 bits per heavy atom. The first-order chi connectivity index (χ1) is 15.2. The standard InChI is InChI=1S/C24H20N4O2S/c29-21-12-18(13-28(21)19-7-2-1-3-8-19)23-26-22(27-30-23)17-6-4-5-16(11-17)20-14-31-24(25-20)15-9-10-15/h1-8,11,14-15,18H,9-10,12-13H2. The van der Waals surface area contributed by atoms with E-state index in [0.29, 0.717) is 30.6 Å². The molecule has 2 aromatic carbocycles. The summed E-state index contributed by atoms with van der Waals surface area (Å²) in [6.07, 6.45) is 2.88. The molecule has 0 bridgehead atoms. The van der Waals surface area contributed by atoms with Crippen LogP contribution in [0, 0.1) is 0 Å². The molecule has 1 unspecified atom stereocenters. The minimum Gasteiger partial charge on any atom is -0.339 e. The summed E-state index contributed by atoms with van der Waals surface area (Å²) in [7, 11) is 0. The van der Waals surface area contributed by atoms with E-state index in [0.717, 1.165) is 22.5 Å². The molecule has 31 heavy (non-hydrogen) atoms. The van der Waals surface area contributed by atoms with Crippen LogP contribution >= 0.6 is 11.3 Å². The Hall–Kier alpha value is -3.32. The van der Waals surface area contributed by atoms with Crippen molar-refractivity contribution in [3.05, 3.63) is 70.9 Å². The maximum atomic E-state index is 12.5. The van der Waals surface area contributed by atoms with Crippen LogP contribution in [0.25, 0.3) is 22.6 Å². The first kappa shape index (κ1) is 18.4. The van der Waals surface area contributed by atoms with Gasteiger partial charge in [0.2, 0.25) is 17.6 Å². The Balaban J connectivity index is 1.23. The van der Waals surface area contributed by atoms with Crippen molar-refractivity contribution in [1.82, 2.24) is 15.1 Å². The summed E-state index contributed by atoms with van der Waals surface area (Å²) in [4.78, 5) is 23.7. The van der Waals surface area contributed by atoms with Crippen molar-refractivity contribution in [1.29, 1.82) is 0 Å². The fraction of sp³-hybridized carbons (Fsp3) is 0.250. The number of amides is 1. The number of carbonyl (C=O) groups excluding carboxylic acids is 1. The molecule has 7 heteroatoms. The Labute approximate surface area is 183 Å². The molecule has 6 rings (SSSR count). The fourth-order valence-electron chi connectivity index (χ4n) is 4.00. The van der Waals surface area contributed by atoms with Crippen LogP contribution in [-0.4, -0.2) is 27.6 Å². The Morgan fingerprint density at radius 2 is 1.81 bits per heavy atom. The van der Waals surface area contributed by atoms with Crippen LogP contribution in [0.5, 0.6) is 0 Å². The van der Waals surface area contributed by atoms with E-state index in [1.165, 1.54) is 17.8 Å². The van der Waals surface area contributed by atoms with Crippen molar-refractivity contribution in [3.8, 4) is 22.6 Å². The van der Waals surface area contributed by atoms with Gasteiger partial charge in [0.05, 0.1) is 16.6 Å². The van der Waals surface area contributed by atoms with Crippen LogP contribution in [0.4, 0.5) is 5.69 Å². The monoisotopic (exact) mass is 428 g/mol. The average Bonchev–Trinajstić information content (AvgIpc) is 3.19. The highest BCUT2D eigenvalue weighted by molar-refractivity contribution is 7.10. The van der Waals surface area contributed by atoms with Gasteiger partial charge in [0.25, 0.3) is 0 Å². The number of aromatic nitrogens is 3. The molecule has 1 aliphatic heterocycles. The van der Waals surface area contributed by atoms with Gasteiger partial charge in [0, 0.05) is 41.1 Å². The zero-order chi connectivity index (χ0) is 20.8. The van der Waals surface area contributed by atoms with E-state index in [1.807, 2.05) is 42.5 Å². The van der Waals surface area contributed by atoms with Gasteiger partial charge in [-0.2, -0.15) is 4.98 Å². The van der Waals surface area contributed by atoms with Gasteiger partial charge >= 0.3 is 0 Å². The maximum Gasteiger partial charge on any atom is 0.232 e. The summed E-state index contributed by atoms with van der Waals surface area (Å²) in [5, 5.41) is 7.55. The molecule has 2 fully saturated rings. The third-order valence-corrected chi connectivity index (χ3v) is 6.86.